The third-order valence-electron chi connectivity index (χ3n) is 3.75. The lowest BCUT2D eigenvalue weighted by Crippen LogP contribution is -2.45. The maximum Gasteiger partial charge on any atom is 0.416 e. The molecule has 1 aliphatic carbocycles. The molecular formula is C17H20F3NO2. The second-order valence-corrected chi connectivity index (χ2v) is 5.50. The van der Waals surface area contributed by atoms with Crippen molar-refractivity contribution in [3.05, 3.63) is 54.1 Å². The predicted octanol–water partition coefficient (Wildman–Crippen LogP) is 3.31. The van der Waals surface area contributed by atoms with Crippen LogP contribution in [0.5, 0.6) is 5.75 Å². The molecule has 0 fully saturated rings. The van der Waals surface area contributed by atoms with Crippen molar-refractivity contribution in [3.8, 4) is 5.75 Å². The van der Waals surface area contributed by atoms with Crippen LogP contribution in [0.1, 0.15) is 18.4 Å². The van der Waals surface area contributed by atoms with Crippen LogP contribution in [0.3, 0.4) is 0 Å². The second-order valence-electron chi connectivity index (χ2n) is 5.50. The predicted molar refractivity (Wildman–Crippen MR) is 82.3 cm³/mol. The van der Waals surface area contributed by atoms with E-state index in [0.29, 0.717) is 25.1 Å². The largest absolute Gasteiger partial charge is 0.487 e. The number of hydrogen-bond donors (Lipinski definition) is 2. The van der Waals surface area contributed by atoms with Gasteiger partial charge in [0, 0.05) is 6.42 Å². The van der Waals surface area contributed by atoms with Crippen LogP contribution < -0.4 is 10.1 Å². The summed E-state index contributed by atoms with van der Waals surface area (Å²) in [7, 11) is 1.79. The normalized spacial score (nSPS) is 22.1. The van der Waals surface area contributed by atoms with Crippen molar-refractivity contribution in [2.75, 3.05) is 13.6 Å². The lowest BCUT2D eigenvalue weighted by atomic mass is 9.87. The molecule has 0 aromatic heterocycles. The molecule has 0 spiro atoms. The average molecular weight is 327 g/mol. The first-order chi connectivity index (χ1) is 10.8. The number of ether oxygens (including phenoxy) is 1. The van der Waals surface area contributed by atoms with Crippen LogP contribution in [0.25, 0.3) is 0 Å². The van der Waals surface area contributed by atoms with Crippen LogP contribution in [0.15, 0.2) is 48.6 Å². The molecule has 0 heterocycles. The van der Waals surface area contributed by atoms with Crippen LogP contribution in [0, 0.1) is 0 Å². The van der Waals surface area contributed by atoms with Gasteiger partial charge in [-0.05, 0) is 50.4 Å². The summed E-state index contributed by atoms with van der Waals surface area (Å²) in [5.74, 6) is 0.301. The van der Waals surface area contributed by atoms with E-state index in [1.165, 1.54) is 12.1 Å². The van der Waals surface area contributed by atoms with Crippen molar-refractivity contribution in [1.82, 2.24) is 5.32 Å². The van der Waals surface area contributed by atoms with Crippen LogP contribution in [-0.2, 0) is 6.18 Å². The Morgan fingerprint density at radius 3 is 2.48 bits per heavy atom. The Balaban J connectivity index is 2.14. The molecule has 1 aromatic rings. The molecule has 2 rings (SSSR count). The number of alkyl halides is 3. The zero-order chi connectivity index (χ0) is 16.9. The van der Waals surface area contributed by atoms with Gasteiger partial charge in [0.25, 0.3) is 0 Å². The van der Waals surface area contributed by atoms with Crippen molar-refractivity contribution in [3.63, 3.8) is 0 Å². The van der Waals surface area contributed by atoms with Gasteiger partial charge in [-0.25, -0.2) is 0 Å². The molecule has 23 heavy (non-hydrogen) atoms. The zero-order valence-electron chi connectivity index (χ0n) is 12.8. The third-order valence-corrected chi connectivity index (χ3v) is 3.75. The molecule has 0 aliphatic heterocycles. The van der Waals surface area contributed by atoms with E-state index in [1.807, 2.05) is 12.2 Å². The molecule has 1 aromatic carbocycles. The highest BCUT2D eigenvalue weighted by Gasteiger charge is 2.36. The summed E-state index contributed by atoms with van der Waals surface area (Å²) in [5.41, 5.74) is -1.90. The topological polar surface area (TPSA) is 41.5 Å². The number of rotatable bonds is 6. The van der Waals surface area contributed by atoms with E-state index in [9.17, 15) is 18.3 Å². The minimum Gasteiger partial charge on any atom is -0.487 e. The van der Waals surface area contributed by atoms with Gasteiger partial charge in [-0.1, -0.05) is 18.2 Å². The average Bonchev–Trinajstić information content (AvgIpc) is 2.51. The number of allylic oxidation sites excluding steroid dienone is 2. The number of aliphatic hydroxyl groups is 1. The van der Waals surface area contributed by atoms with E-state index >= 15 is 0 Å². The number of halogens is 3. The van der Waals surface area contributed by atoms with Crippen molar-refractivity contribution < 1.29 is 23.0 Å². The third kappa shape index (κ3) is 4.59. The molecule has 2 unspecified atom stereocenters. The number of benzene rings is 1. The standard InChI is InChI=1S/C17H20F3NO2/c1-21-12-9-15(16(22)10-3-2-4-11-16)23-14-7-5-13(6-8-14)17(18,19)20/h2-8,10,15,21-22H,9,11-12H2,1H3. The summed E-state index contributed by atoms with van der Waals surface area (Å²) in [6, 6.07) is 4.51. The molecule has 1 aliphatic rings. The van der Waals surface area contributed by atoms with Gasteiger partial charge < -0.3 is 15.2 Å². The highest BCUT2D eigenvalue weighted by atomic mass is 19.4. The van der Waals surface area contributed by atoms with E-state index in [0.717, 1.165) is 12.1 Å². The smallest absolute Gasteiger partial charge is 0.416 e. The van der Waals surface area contributed by atoms with Crippen molar-refractivity contribution >= 4 is 0 Å². The first kappa shape index (κ1) is 17.6. The minimum atomic E-state index is -4.38. The summed E-state index contributed by atoms with van der Waals surface area (Å²) in [5, 5.41) is 13.7. The Morgan fingerprint density at radius 2 is 1.96 bits per heavy atom. The molecule has 0 bridgehead atoms. The van der Waals surface area contributed by atoms with Crippen molar-refractivity contribution in [2.24, 2.45) is 0 Å². The number of hydrogen-bond acceptors (Lipinski definition) is 3. The SMILES string of the molecule is CNCCC(Oc1ccc(C(F)(F)F)cc1)C1(O)C=CC=CC1. The van der Waals surface area contributed by atoms with Crippen molar-refractivity contribution in [1.29, 1.82) is 0 Å². The molecule has 2 atom stereocenters. The second kappa shape index (κ2) is 7.19. The fourth-order valence-corrected chi connectivity index (χ4v) is 2.44. The zero-order valence-corrected chi connectivity index (χ0v) is 12.8. The molecular weight excluding hydrogens is 307 g/mol. The van der Waals surface area contributed by atoms with Gasteiger partial charge in [-0.15, -0.1) is 0 Å². The summed E-state index contributed by atoms with van der Waals surface area (Å²) in [6.45, 7) is 0.616. The maximum absolute atomic E-state index is 12.6. The molecule has 6 heteroatoms. The van der Waals surface area contributed by atoms with Gasteiger partial charge >= 0.3 is 6.18 Å². The van der Waals surface area contributed by atoms with E-state index < -0.39 is 23.4 Å². The van der Waals surface area contributed by atoms with Crippen LogP contribution in [0.4, 0.5) is 13.2 Å². The fraction of sp³-hybridized carbons (Fsp3) is 0.412. The lowest BCUT2D eigenvalue weighted by molar-refractivity contribution is -0.137. The molecule has 0 saturated carbocycles. The van der Waals surface area contributed by atoms with E-state index in [4.69, 9.17) is 4.74 Å². The molecule has 2 N–H and O–H groups in total. The quantitative estimate of drug-likeness (QED) is 0.842. The van der Waals surface area contributed by atoms with E-state index in [2.05, 4.69) is 5.32 Å². The van der Waals surface area contributed by atoms with Crippen LogP contribution >= 0.6 is 0 Å². The Hall–Kier alpha value is -1.79. The number of nitrogens with one attached hydrogen (secondary N) is 1. The molecule has 0 amide bonds. The Labute approximate surface area is 133 Å². The fourth-order valence-electron chi connectivity index (χ4n) is 2.44. The first-order valence-corrected chi connectivity index (χ1v) is 7.40. The van der Waals surface area contributed by atoms with Gasteiger partial charge in [-0.2, -0.15) is 13.2 Å². The Kier molecular flexibility index (Phi) is 5.49. The van der Waals surface area contributed by atoms with Gasteiger partial charge in [0.1, 0.15) is 17.5 Å². The molecule has 3 nitrogen and oxygen atoms in total. The maximum atomic E-state index is 12.6. The van der Waals surface area contributed by atoms with Gasteiger partial charge in [0.05, 0.1) is 5.56 Å². The molecule has 126 valence electrons. The highest BCUT2D eigenvalue weighted by molar-refractivity contribution is 5.30. The van der Waals surface area contributed by atoms with Gasteiger partial charge in [0.15, 0.2) is 0 Å². The Bertz CT molecular complexity index is 566. The van der Waals surface area contributed by atoms with E-state index in [1.54, 1.807) is 19.2 Å². The van der Waals surface area contributed by atoms with Gasteiger partial charge in [0.2, 0.25) is 0 Å². The van der Waals surface area contributed by atoms with E-state index in [-0.39, 0.29) is 0 Å². The monoisotopic (exact) mass is 327 g/mol. The minimum absolute atomic E-state index is 0.301. The van der Waals surface area contributed by atoms with Crippen LogP contribution in [-0.4, -0.2) is 30.4 Å². The summed E-state index contributed by atoms with van der Waals surface area (Å²) >= 11 is 0. The lowest BCUT2D eigenvalue weighted by Gasteiger charge is -2.34. The summed E-state index contributed by atoms with van der Waals surface area (Å²) in [6.07, 6.45) is 3.06. The van der Waals surface area contributed by atoms with Gasteiger partial charge in [-0.3, -0.25) is 0 Å². The highest BCUT2D eigenvalue weighted by Crippen LogP contribution is 2.32. The molecule has 0 saturated heterocycles. The first-order valence-electron chi connectivity index (χ1n) is 7.40. The van der Waals surface area contributed by atoms with Crippen molar-refractivity contribution in [2.45, 2.75) is 30.7 Å². The molecule has 0 radical (unpaired) electrons. The summed E-state index contributed by atoms with van der Waals surface area (Å²) in [4.78, 5) is 0. The summed E-state index contributed by atoms with van der Waals surface area (Å²) < 4.78 is 43.6. The Morgan fingerprint density at radius 1 is 1.26 bits per heavy atom. The van der Waals surface area contributed by atoms with Crippen LogP contribution in [0.2, 0.25) is 0 Å².